The lowest BCUT2D eigenvalue weighted by Crippen LogP contribution is -2.17. The molecule has 0 saturated carbocycles. The van der Waals surface area contributed by atoms with Crippen LogP contribution in [0.15, 0.2) is 66.3 Å². The zero-order valence-corrected chi connectivity index (χ0v) is 18.3. The van der Waals surface area contributed by atoms with Gasteiger partial charge in [0.15, 0.2) is 0 Å². The number of anilines is 1. The van der Waals surface area contributed by atoms with E-state index < -0.39 is 17.6 Å². The van der Waals surface area contributed by atoms with E-state index in [2.05, 4.69) is 15.4 Å². The van der Waals surface area contributed by atoms with Crippen molar-refractivity contribution in [3.05, 3.63) is 77.6 Å². The molecule has 0 aliphatic carbocycles. The highest BCUT2D eigenvalue weighted by Crippen LogP contribution is 2.34. The van der Waals surface area contributed by atoms with Crippen molar-refractivity contribution >= 4 is 22.9 Å². The van der Waals surface area contributed by atoms with Gasteiger partial charge in [-0.2, -0.15) is 18.3 Å². The molecule has 0 aliphatic heterocycles. The fraction of sp³-hybridized carbons (Fsp3) is 0.174. The van der Waals surface area contributed by atoms with Crippen LogP contribution >= 0.6 is 11.3 Å². The van der Waals surface area contributed by atoms with Crippen molar-refractivity contribution < 1.29 is 22.7 Å². The summed E-state index contributed by atoms with van der Waals surface area (Å²) < 4.78 is 46.7. The van der Waals surface area contributed by atoms with Crippen LogP contribution in [0.4, 0.5) is 18.9 Å². The number of hydrogen-bond donors (Lipinski definition) is 1. The number of nitrogens with one attached hydrogen (secondary N) is 1. The smallest absolute Gasteiger partial charge is 0.416 e. The van der Waals surface area contributed by atoms with Crippen molar-refractivity contribution in [2.75, 3.05) is 11.9 Å². The maximum absolute atomic E-state index is 13.2. The number of hydrogen-bond acceptors (Lipinski definition) is 5. The number of thiazole rings is 1. The Labute approximate surface area is 191 Å². The van der Waals surface area contributed by atoms with Crippen molar-refractivity contribution in [3.63, 3.8) is 0 Å². The van der Waals surface area contributed by atoms with Crippen LogP contribution < -0.4 is 10.1 Å². The number of ether oxygens (including phenoxy) is 1. The van der Waals surface area contributed by atoms with E-state index in [0.717, 1.165) is 17.7 Å². The quantitative estimate of drug-likeness (QED) is 0.381. The molecule has 0 bridgehead atoms. The first kappa shape index (κ1) is 22.5. The molecule has 2 aromatic heterocycles. The second kappa shape index (κ2) is 9.45. The number of amides is 1. The number of para-hydroxylation sites is 1. The largest absolute Gasteiger partial charge is 0.493 e. The van der Waals surface area contributed by atoms with Crippen LogP contribution in [0.25, 0.3) is 16.3 Å². The maximum Gasteiger partial charge on any atom is 0.416 e. The fourth-order valence-corrected chi connectivity index (χ4v) is 4.07. The normalized spacial score (nSPS) is 11.4. The summed E-state index contributed by atoms with van der Waals surface area (Å²) in [5.74, 6) is 0.204. The van der Waals surface area contributed by atoms with Crippen molar-refractivity contribution in [2.24, 2.45) is 0 Å². The molecule has 0 atom stereocenters. The Bertz CT molecular complexity index is 1250. The summed E-state index contributed by atoms with van der Waals surface area (Å²) in [6, 6.07) is 12.2. The highest BCUT2D eigenvalue weighted by molar-refractivity contribution is 7.13. The average molecular weight is 472 g/mol. The van der Waals surface area contributed by atoms with Gasteiger partial charge in [-0.15, -0.1) is 11.3 Å². The Morgan fingerprint density at radius 1 is 1.18 bits per heavy atom. The van der Waals surface area contributed by atoms with E-state index in [-0.39, 0.29) is 12.1 Å². The monoisotopic (exact) mass is 472 g/mol. The summed E-state index contributed by atoms with van der Waals surface area (Å²) in [6.07, 6.45) is -1.55. The van der Waals surface area contributed by atoms with Gasteiger partial charge in [0.2, 0.25) is 5.91 Å². The lowest BCUT2D eigenvalue weighted by atomic mass is 10.1. The fourth-order valence-electron chi connectivity index (χ4n) is 3.22. The van der Waals surface area contributed by atoms with Gasteiger partial charge >= 0.3 is 6.18 Å². The Hall–Kier alpha value is -3.66. The summed E-state index contributed by atoms with van der Waals surface area (Å²) in [6.45, 7) is 2.40. The van der Waals surface area contributed by atoms with Gasteiger partial charge in [0.05, 0.1) is 41.2 Å². The van der Waals surface area contributed by atoms with E-state index in [4.69, 9.17) is 4.74 Å². The Kier molecular flexibility index (Phi) is 6.45. The molecule has 0 unspecified atom stereocenters. The van der Waals surface area contributed by atoms with Gasteiger partial charge in [-0.3, -0.25) is 4.79 Å². The summed E-state index contributed by atoms with van der Waals surface area (Å²) in [7, 11) is 0. The number of aromatic nitrogens is 3. The third-order valence-electron chi connectivity index (χ3n) is 4.66. The third kappa shape index (κ3) is 5.23. The molecular weight excluding hydrogens is 453 g/mol. The summed E-state index contributed by atoms with van der Waals surface area (Å²) >= 11 is 1.36. The minimum absolute atomic E-state index is 0.00988. The van der Waals surface area contributed by atoms with Gasteiger partial charge in [-0.05, 0) is 43.3 Å². The Balaban J connectivity index is 1.55. The van der Waals surface area contributed by atoms with E-state index in [1.165, 1.54) is 28.3 Å². The number of rotatable bonds is 7. The summed E-state index contributed by atoms with van der Waals surface area (Å²) in [4.78, 5) is 17.2. The molecular formula is C23H19F3N4O2S. The first-order valence-corrected chi connectivity index (χ1v) is 10.9. The summed E-state index contributed by atoms with van der Waals surface area (Å²) in [5.41, 5.74) is 0.792. The predicted molar refractivity (Wildman–Crippen MR) is 120 cm³/mol. The van der Waals surface area contributed by atoms with Gasteiger partial charge in [-0.1, -0.05) is 12.1 Å². The highest BCUT2D eigenvalue weighted by atomic mass is 32.1. The molecule has 170 valence electrons. The number of carbonyl (C=O) groups excluding carboxylic acids is 1. The molecule has 10 heteroatoms. The minimum Gasteiger partial charge on any atom is -0.493 e. The lowest BCUT2D eigenvalue weighted by molar-refractivity contribution is -0.137. The lowest BCUT2D eigenvalue weighted by Gasteiger charge is -2.14. The van der Waals surface area contributed by atoms with Crippen molar-refractivity contribution in [1.29, 1.82) is 0 Å². The van der Waals surface area contributed by atoms with Crippen molar-refractivity contribution in [3.8, 4) is 22.0 Å². The van der Waals surface area contributed by atoms with Crippen LogP contribution in [0.2, 0.25) is 0 Å². The van der Waals surface area contributed by atoms with E-state index in [1.54, 1.807) is 17.6 Å². The van der Waals surface area contributed by atoms with Crippen LogP contribution in [0.5, 0.6) is 5.75 Å². The molecule has 1 N–H and O–H groups in total. The highest BCUT2D eigenvalue weighted by Gasteiger charge is 2.31. The van der Waals surface area contributed by atoms with Gasteiger partial charge in [0.1, 0.15) is 10.8 Å². The topological polar surface area (TPSA) is 69.0 Å². The first-order valence-electron chi connectivity index (χ1n) is 10.0. The third-order valence-corrected chi connectivity index (χ3v) is 5.58. The van der Waals surface area contributed by atoms with E-state index in [0.29, 0.717) is 28.7 Å². The summed E-state index contributed by atoms with van der Waals surface area (Å²) in [5, 5.41) is 9.07. The number of carbonyl (C=O) groups is 1. The average Bonchev–Trinajstić information content (AvgIpc) is 3.46. The van der Waals surface area contributed by atoms with Crippen LogP contribution in [0.1, 0.15) is 18.2 Å². The molecule has 4 aromatic rings. The van der Waals surface area contributed by atoms with E-state index >= 15 is 0 Å². The number of halogens is 3. The van der Waals surface area contributed by atoms with Crippen molar-refractivity contribution in [1.82, 2.24) is 14.8 Å². The number of benzene rings is 2. The molecule has 2 heterocycles. The van der Waals surface area contributed by atoms with Crippen LogP contribution in [0.3, 0.4) is 0 Å². The SMILES string of the molecule is CCOc1ccccc1-c1nc(CC(=O)Nc2cc(C(F)(F)F)ccc2-n2cccn2)cs1. The Morgan fingerprint density at radius 2 is 2.00 bits per heavy atom. The Morgan fingerprint density at radius 3 is 2.73 bits per heavy atom. The molecule has 0 radical (unpaired) electrons. The standard InChI is InChI=1S/C23H19F3N4O2S/c1-2-32-20-7-4-3-6-17(20)22-28-16(14-33-22)13-21(31)29-18-12-15(23(24,25)26)8-9-19(18)30-11-5-10-27-30/h3-12,14H,2,13H2,1H3,(H,29,31). The van der Waals surface area contributed by atoms with Crippen LogP contribution in [0, 0.1) is 0 Å². The molecule has 0 saturated heterocycles. The van der Waals surface area contributed by atoms with Gasteiger partial charge in [0.25, 0.3) is 0 Å². The molecule has 6 nitrogen and oxygen atoms in total. The maximum atomic E-state index is 13.2. The van der Waals surface area contributed by atoms with Gasteiger partial charge < -0.3 is 10.1 Å². The second-order valence-electron chi connectivity index (χ2n) is 6.98. The predicted octanol–water partition coefficient (Wildman–Crippen LogP) is 5.59. The van der Waals surface area contributed by atoms with Gasteiger partial charge in [0, 0.05) is 17.8 Å². The zero-order chi connectivity index (χ0) is 23.4. The second-order valence-corrected chi connectivity index (χ2v) is 7.84. The van der Waals surface area contributed by atoms with Crippen LogP contribution in [-0.2, 0) is 17.4 Å². The zero-order valence-electron chi connectivity index (χ0n) is 17.5. The number of alkyl halides is 3. The minimum atomic E-state index is -4.54. The molecule has 0 spiro atoms. The number of nitrogens with zero attached hydrogens (tertiary/aromatic N) is 3. The van der Waals surface area contributed by atoms with Crippen LogP contribution in [-0.4, -0.2) is 27.3 Å². The molecule has 2 aromatic carbocycles. The van der Waals surface area contributed by atoms with Crippen molar-refractivity contribution in [2.45, 2.75) is 19.5 Å². The van der Waals surface area contributed by atoms with E-state index in [9.17, 15) is 18.0 Å². The molecule has 4 rings (SSSR count). The molecule has 33 heavy (non-hydrogen) atoms. The van der Waals surface area contributed by atoms with Gasteiger partial charge in [-0.25, -0.2) is 9.67 Å². The molecule has 0 fully saturated rings. The first-order chi connectivity index (χ1) is 15.8. The van der Waals surface area contributed by atoms with E-state index in [1.807, 2.05) is 31.2 Å². The molecule has 1 amide bonds. The molecule has 0 aliphatic rings.